The summed E-state index contributed by atoms with van der Waals surface area (Å²) in [5, 5.41) is 0. The minimum atomic E-state index is -4.64. The van der Waals surface area contributed by atoms with Gasteiger partial charge in [0.05, 0.1) is 31.3 Å². The molecule has 0 amide bonds. The van der Waals surface area contributed by atoms with Gasteiger partial charge in [-0.05, 0) is 72.8 Å². The highest BCUT2D eigenvalue weighted by molar-refractivity contribution is 8.17. The molecule has 0 saturated carbocycles. The first kappa shape index (κ1) is 33.4. The molecule has 1 fully saturated rings. The van der Waals surface area contributed by atoms with Crippen LogP contribution in [-0.4, -0.2) is 0 Å². The Morgan fingerprint density at radius 2 is 0.595 bits per heavy atom. The Balaban J connectivity index is 1.64. The van der Waals surface area contributed by atoms with Crippen molar-refractivity contribution in [3.8, 4) is 17.2 Å². The molecule has 0 atom stereocenters. The second-order valence-corrected chi connectivity index (χ2v) is 18.7. The topological polar surface area (TPSA) is 63.8 Å². The van der Waals surface area contributed by atoms with Crippen molar-refractivity contribution >= 4 is 55.2 Å². The Labute approximate surface area is 247 Å². The molecule has 0 unspecified atom stereocenters. The SMILES string of the molecule is FC(F)(F)c1ccc(O[P+]2(Cl)N[P+](Cl)(Oc3ccc(C(F)(F)F)cc3)N[P+](Cl)(Oc3ccc(C(F)(F)F)cc3)N2)cc1. The molecule has 42 heavy (non-hydrogen) atoms. The van der Waals surface area contributed by atoms with E-state index in [1.807, 2.05) is 0 Å². The molecular formula is C21H15Cl3F9N3O3P3+3. The van der Waals surface area contributed by atoms with Crippen molar-refractivity contribution in [1.82, 2.24) is 14.6 Å². The lowest BCUT2D eigenvalue weighted by molar-refractivity contribution is -0.138. The molecule has 228 valence electrons. The third kappa shape index (κ3) is 8.55. The van der Waals surface area contributed by atoms with E-state index in [1.54, 1.807) is 0 Å². The summed E-state index contributed by atoms with van der Waals surface area (Å²) in [5.41, 5.74) is -2.96. The minimum absolute atomic E-state index is 0.191. The van der Waals surface area contributed by atoms with Crippen LogP contribution in [0.15, 0.2) is 72.8 Å². The molecule has 0 spiro atoms. The van der Waals surface area contributed by atoms with Crippen molar-refractivity contribution < 1.29 is 53.1 Å². The second kappa shape index (κ2) is 11.8. The van der Waals surface area contributed by atoms with E-state index in [0.717, 1.165) is 36.4 Å². The summed E-state index contributed by atoms with van der Waals surface area (Å²) in [6.07, 6.45) is -13.9. The number of benzene rings is 3. The van der Waals surface area contributed by atoms with Crippen LogP contribution in [-0.2, 0) is 18.5 Å². The minimum Gasteiger partial charge on any atom is -0.286 e. The van der Waals surface area contributed by atoms with Gasteiger partial charge in [-0.25, -0.2) is 0 Å². The van der Waals surface area contributed by atoms with E-state index in [4.69, 9.17) is 47.3 Å². The smallest absolute Gasteiger partial charge is 0.286 e. The molecule has 3 N–H and O–H groups in total. The van der Waals surface area contributed by atoms with E-state index < -0.39 is 56.6 Å². The number of alkyl halides is 9. The molecule has 3 aromatic carbocycles. The maximum atomic E-state index is 13.0. The van der Waals surface area contributed by atoms with Crippen LogP contribution in [0.1, 0.15) is 16.7 Å². The summed E-state index contributed by atoms with van der Waals surface area (Å²) in [6, 6.07) is 9.99. The van der Waals surface area contributed by atoms with Gasteiger partial charge in [0.25, 0.3) is 0 Å². The van der Waals surface area contributed by atoms with Crippen molar-refractivity contribution in [3.63, 3.8) is 0 Å². The Morgan fingerprint density at radius 1 is 0.405 bits per heavy atom. The number of rotatable bonds is 6. The first-order valence-corrected chi connectivity index (χ1v) is 18.8. The molecular weight excluding hydrogens is 713 g/mol. The van der Waals surface area contributed by atoms with Gasteiger partial charge in [-0.3, -0.25) is 13.6 Å². The summed E-state index contributed by atoms with van der Waals surface area (Å²) < 4.78 is 134. The summed E-state index contributed by atoms with van der Waals surface area (Å²) in [6.45, 7) is 0. The first-order valence-electron chi connectivity index (χ1n) is 10.9. The zero-order chi connectivity index (χ0) is 31.2. The van der Waals surface area contributed by atoms with E-state index in [0.29, 0.717) is 36.4 Å². The van der Waals surface area contributed by atoms with Gasteiger partial charge in [0.2, 0.25) is 0 Å². The summed E-state index contributed by atoms with van der Waals surface area (Å²) in [5.74, 6) is -0.573. The zero-order valence-electron chi connectivity index (χ0n) is 20.0. The highest BCUT2D eigenvalue weighted by atomic mass is 35.7. The Bertz CT molecular complexity index is 1220. The van der Waals surface area contributed by atoms with Crippen LogP contribution < -0.4 is 28.1 Å². The lowest BCUT2D eigenvalue weighted by Gasteiger charge is -2.29. The van der Waals surface area contributed by atoms with Gasteiger partial charge in [0, 0.05) is 0 Å². The van der Waals surface area contributed by atoms with E-state index in [1.165, 1.54) is 0 Å². The molecule has 1 aliphatic rings. The largest absolute Gasteiger partial charge is 0.508 e. The van der Waals surface area contributed by atoms with Gasteiger partial charge in [0.1, 0.15) is 0 Å². The number of hydrogen-bond donors (Lipinski definition) is 3. The molecule has 1 saturated heterocycles. The second-order valence-electron chi connectivity index (χ2n) is 8.24. The van der Waals surface area contributed by atoms with Crippen LogP contribution in [0, 0.1) is 0 Å². The predicted octanol–water partition coefficient (Wildman–Crippen LogP) is 10.8. The molecule has 1 heterocycles. The van der Waals surface area contributed by atoms with Crippen LogP contribution in [0.25, 0.3) is 0 Å². The van der Waals surface area contributed by atoms with Crippen LogP contribution in [0.4, 0.5) is 39.5 Å². The lowest BCUT2D eigenvalue weighted by Crippen LogP contribution is -2.42. The predicted molar refractivity (Wildman–Crippen MR) is 144 cm³/mol. The first-order chi connectivity index (χ1) is 19.2. The van der Waals surface area contributed by atoms with Crippen LogP contribution in [0.5, 0.6) is 17.2 Å². The Hall–Kier alpha value is -1.53. The highest BCUT2D eigenvalue weighted by Gasteiger charge is 2.78. The van der Waals surface area contributed by atoms with Crippen molar-refractivity contribution in [2.24, 2.45) is 0 Å². The van der Waals surface area contributed by atoms with Crippen LogP contribution >= 0.6 is 55.2 Å². The average molecular weight is 728 g/mol. The zero-order valence-corrected chi connectivity index (χ0v) is 25.0. The van der Waals surface area contributed by atoms with Crippen LogP contribution in [0.3, 0.4) is 0 Å². The van der Waals surface area contributed by atoms with Gasteiger partial charge in [-0.1, -0.05) is 0 Å². The molecule has 3 aromatic rings. The van der Waals surface area contributed by atoms with Gasteiger partial charge in [0.15, 0.2) is 51.0 Å². The van der Waals surface area contributed by atoms with E-state index in [2.05, 4.69) is 14.6 Å². The highest BCUT2D eigenvalue weighted by Crippen LogP contribution is 2.84. The molecule has 0 bridgehead atoms. The molecule has 0 aromatic heterocycles. The molecule has 21 heteroatoms. The van der Waals surface area contributed by atoms with Gasteiger partial charge < -0.3 is 0 Å². The summed E-state index contributed by atoms with van der Waals surface area (Å²) >= 11 is 19.9. The van der Waals surface area contributed by atoms with E-state index >= 15 is 0 Å². The fraction of sp³-hybridized carbons (Fsp3) is 0.143. The van der Waals surface area contributed by atoms with Crippen molar-refractivity contribution in [1.29, 1.82) is 0 Å². The normalized spacial score (nSPS) is 25.1. The maximum Gasteiger partial charge on any atom is 0.508 e. The third-order valence-corrected chi connectivity index (χ3v) is 17.3. The number of halogens is 12. The maximum absolute atomic E-state index is 13.0. The molecule has 0 aliphatic carbocycles. The standard InChI is InChI=1S/C21H15Cl3F9N3O3P3/c22-40(37-16-7-1-13(2-8-16)19(25,26)27)34-41(23,38-17-9-3-14(4-10-17)20(28,29)30)36-42(24,35-40)39-18-11-5-15(6-12-18)21(31,32)33/h1-12,34-36H/q+3. The third-order valence-electron chi connectivity index (χ3n) is 5.01. The fourth-order valence-electron chi connectivity index (χ4n) is 3.24. The van der Waals surface area contributed by atoms with Crippen LogP contribution in [0.2, 0.25) is 0 Å². The number of nitrogens with one attached hydrogen (secondary N) is 3. The molecule has 6 nitrogen and oxygen atoms in total. The van der Waals surface area contributed by atoms with Crippen molar-refractivity contribution in [2.75, 3.05) is 0 Å². The summed E-state index contributed by atoms with van der Waals surface area (Å²) in [7, 11) is -11.6. The van der Waals surface area contributed by atoms with Gasteiger partial charge >= 0.3 is 40.0 Å². The van der Waals surface area contributed by atoms with E-state index in [9.17, 15) is 39.5 Å². The number of hydrogen-bond acceptors (Lipinski definition) is 6. The average Bonchev–Trinajstić information content (AvgIpc) is 2.81. The quantitative estimate of drug-likeness (QED) is 0.174. The molecule has 1 aliphatic heterocycles. The van der Waals surface area contributed by atoms with Crippen molar-refractivity contribution in [3.05, 3.63) is 89.5 Å². The Morgan fingerprint density at radius 3 is 0.762 bits per heavy atom. The molecule has 4 rings (SSSR count). The lowest BCUT2D eigenvalue weighted by atomic mass is 10.2. The van der Waals surface area contributed by atoms with E-state index in [-0.39, 0.29) is 17.2 Å². The monoisotopic (exact) mass is 726 g/mol. The Kier molecular flexibility index (Phi) is 9.34. The van der Waals surface area contributed by atoms with Crippen molar-refractivity contribution in [2.45, 2.75) is 18.5 Å². The van der Waals surface area contributed by atoms with Gasteiger partial charge in [-0.2, -0.15) is 39.5 Å². The summed E-state index contributed by atoms with van der Waals surface area (Å²) in [4.78, 5) is 7.86. The molecule has 0 radical (unpaired) electrons. The van der Waals surface area contributed by atoms with Gasteiger partial charge in [-0.15, -0.1) is 0 Å². The fourth-order valence-corrected chi connectivity index (χ4v) is 18.7.